The molecule has 1 saturated heterocycles. The highest BCUT2D eigenvalue weighted by molar-refractivity contribution is 5.32. The molecule has 0 aromatic carbocycles. The molecule has 2 heterocycles. The van der Waals surface area contributed by atoms with Crippen molar-refractivity contribution in [2.24, 2.45) is 7.05 Å². The predicted octanol–water partition coefficient (Wildman–Crippen LogP) is 2.59. The molecule has 1 aliphatic heterocycles. The zero-order valence-corrected chi connectivity index (χ0v) is 11.8. The number of nitrogens with zero attached hydrogens (tertiary/aromatic N) is 2. The average Bonchev–Trinajstić information content (AvgIpc) is 2.60. The smallest absolute Gasteiger partial charge is 0.161 e. The number of ether oxygens (including phenoxy) is 1. The quantitative estimate of drug-likeness (QED) is 0.894. The summed E-state index contributed by atoms with van der Waals surface area (Å²) in [4.78, 5) is 0. The molecular weight excluding hydrogens is 226 g/mol. The van der Waals surface area contributed by atoms with E-state index >= 15 is 0 Å². The molecule has 1 N–H and O–H groups in total. The van der Waals surface area contributed by atoms with Crippen molar-refractivity contribution in [3.8, 4) is 5.75 Å². The molecule has 1 aliphatic rings. The van der Waals surface area contributed by atoms with Crippen LogP contribution in [0.3, 0.4) is 0 Å². The van der Waals surface area contributed by atoms with Crippen molar-refractivity contribution in [2.45, 2.75) is 51.0 Å². The van der Waals surface area contributed by atoms with Crippen LogP contribution in [0.1, 0.15) is 51.1 Å². The normalized spacial score (nSPS) is 24.8. The first-order valence-electron chi connectivity index (χ1n) is 7.05. The maximum atomic E-state index is 5.51. The number of methoxy groups -OCH3 is 1. The van der Waals surface area contributed by atoms with Gasteiger partial charge in [-0.3, -0.25) is 4.68 Å². The summed E-state index contributed by atoms with van der Waals surface area (Å²) in [5.74, 6) is 0.917. The highest BCUT2D eigenvalue weighted by Gasteiger charge is 2.37. The lowest BCUT2D eigenvalue weighted by Crippen LogP contribution is -2.43. The molecule has 1 aromatic heterocycles. The number of rotatable bonds is 4. The molecule has 0 spiro atoms. The maximum Gasteiger partial charge on any atom is 0.161 e. The number of aromatic nitrogens is 2. The van der Waals surface area contributed by atoms with Gasteiger partial charge in [-0.25, -0.2) is 0 Å². The van der Waals surface area contributed by atoms with Gasteiger partial charge in [-0.2, -0.15) is 5.10 Å². The fraction of sp³-hybridized carbons (Fsp3) is 0.786. The topological polar surface area (TPSA) is 39.1 Å². The van der Waals surface area contributed by atoms with Crippen LogP contribution in [0.25, 0.3) is 0 Å². The van der Waals surface area contributed by atoms with Gasteiger partial charge in [-0.15, -0.1) is 0 Å². The van der Waals surface area contributed by atoms with Gasteiger partial charge in [-0.05, 0) is 25.8 Å². The second-order valence-corrected chi connectivity index (χ2v) is 5.25. The molecule has 1 atom stereocenters. The van der Waals surface area contributed by atoms with Crippen molar-refractivity contribution in [2.75, 3.05) is 13.7 Å². The van der Waals surface area contributed by atoms with E-state index < -0.39 is 0 Å². The Morgan fingerprint density at radius 1 is 1.44 bits per heavy atom. The Morgan fingerprint density at radius 2 is 2.28 bits per heavy atom. The van der Waals surface area contributed by atoms with E-state index in [1.54, 1.807) is 7.11 Å². The highest BCUT2D eigenvalue weighted by Crippen LogP contribution is 2.38. The molecule has 1 fully saturated rings. The second kappa shape index (κ2) is 5.74. The van der Waals surface area contributed by atoms with Gasteiger partial charge in [-0.1, -0.05) is 26.2 Å². The summed E-state index contributed by atoms with van der Waals surface area (Å²) in [6.45, 7) is 3.34. The van der Waals surface area contributed by atoms with Crippen LogP contribution in [0.4, 0.5) is 0 Å². The maximum absolute atomic E-state index is 5.51. The van der Waals surface area contributed by atoms with Crippen LogP contribution in [-0.2, 0) is 12.6 Å². The molecule has 1 unspecified atom stereocenters. The summed E-state index contributed by atoms with van der Waals surface area (Å²) in [7, 11) is 3.75. The predicted molar refractivity (Wildman–Crippen MR) is 72.8 cm³/mol. The highest BCUT2D eigenvalue weighted by atomic mass is 16.5. The molecule has 18 heavy (non-hydrogen) atoms. The van der Waals surface area contributed by atoms with Gasteiger partial charge in [0.1, 0.15) is 5.69 Å². The fourth-order valence-electron chi connectivity index (χ4n) is 3.22. The van der Waals surface area contributed by atoms with Crippen molar-refractivity contribution in [3.05, 3.63) is 11.9 Å². The van der Waals surface area contributed by atoms with E-state index in [-0.39, 0.29) is 5.54 Å². The van der Waals surface area contributed by atoms with Crippen molar-refractivity contribution in [3.63, 3.8) is 0 Å². The first-order valence-corrected chi connectivity index (χ1v) is 7.05. The molecule has 1 aromatic rings. The molecule has 0 saturated carbocycles. The molecule has 0 radical (unpaired) electrons. The van der Waals surface area contributed by atoms with Gasteiger partial charge in [0.2, 0.25) is 0 Å². The SMILES string of the molecule is CCCC1(c2c(OC)cnn2C)CCCCCN1. The third-order valence-corrected chi connectivity index (χ3v) is 4.00. The van der Waals surface area contributed by atoms with Crippen LogP contribution in [0.15, 0.2) is 6.20 Å². The molecule has 0 bridgehead atoms. The molecule has 4 heteroatoms. The van der Waals surface area contributed by atoms with E-state index in [0.717, 1.165) is 18.7 Å². The first-order chi connectivity index (χ1) is 8.73. The second-order valence-electron chi connectivity index (χ2n) is 5.25. The lowest BCUT2D eigenvalue weighted by molar-refractivity contribution is 0.265. The standard InChI is InChI=1S/C14H25N3O/c1-4-8-14(9-6-5-7-10-15-14)13-12(18-3)11-16-17(13)2/h11,15H,4-10H2,1-3H3. The van der Waals surface area contributed by atoms with Gasteiger partial charge < -0.3 is 10.1 Å². The lowest BCUT2D eigenvalue weighted by Gasteiger charge is -2.34. The molecule has 0 amide bonds. The number of nitrogens with one attached hydrogen (secondary N) is 1. The monoisotopic (exact) mass is 251 g/mol. The van der Waals surface area contributed by atoms with Gasteiger partial charge >= 0.3 is 0 Å². The summed E-state index contributed by atoms with van der Waals surface area (Å²) in [5, 5.41) is 8.15. The summed E-state index contributed by atoms with van der Waals surface area (Å²) in [5.41, 5.74) is 1.26. The van der Waals surface area contributed by atoms with Crippen LogP contribution in [0.5, 0.6) is 5.75 Å². The fourth-order valence-corrected chi connectivity index (χ4v) is 3.22. The van der Waals surface area contributed by atoms with Crippen LogP contribution in [0, 0.1) is 0 Å². The first kappa shape index (κ1) is 13.4. The van der Waals surface area contributed by atoms with E-state index in [1.807, 2.05) is 17.9 Å². The van der Waals surface area contributed by atoms with Crippen LogP contribution < -0.4 is 10.1 Å². The summed E-state index contributed by atoms with van der Waals surface area (Å²) in [6.07, 6.45) is 9.19. The number of aryl methyl sites for hydroxylation is 1. The zero-order valence-electron chi connectivity index (χ0n) is 11.8. The zero-order chi connectivity index (χ0) is 13.0. The largest absolute Gasteiger partial charge is 0.493 e. The minimum Gasteiger partial charge on any atom is -0.493 e. The Morgan fingerprint density at radius 3 is 3.00 bits per heavy atom. The third-order valence-electron chi connectivity index (χ3n) is 4.00. The van der Waals surface area contributed by atoms with Crippen molar-refractivity contribution in [1.29, 1.82) is 0 Å². The molecule has 4 nitrogen and oxygen atoms in total. The summed E-state index contributed by atoms with van der Waals surface area (Å²) >= 11 is 0. The van der Waals surface area contributed by atoms with Crippen molar-refractivity contribution in [1.82, 2.24) is 15.1 Å². The lowest BCUT2D eigenvalue weighted by atomic mass is 9.85. The Bertz CT molecular complexity index is 378. The molecule has 102 valence electrons. The van der Waals surface area contributed by atoms with Gasteiger partial charge in [0.05, 0.1) is 18.8 Å². The summed E-state index contributed by atoms with van der Waals surface area (Å²) in [6, 6.07) is 0. The Labute approximate surface area is 110 Å². The van der Waals surface area contributed by atoms with E-state index in [9.17, 15) is 0 Å². The van der Waals surface area contributed by atoms with E-state index in [0.29, 0.717) is 0 Å². The Kier molecular flexibility index (Phi) is 4.27. The number of hydrogen-bond acceptors (Lipinski definition) is 3. The van der Waals surface area contributed by atoms with Crippen molar-refractivity contribution < 1.29 is 4.74 Å². The van der Waals surface area contributed by atoms with Crippen LogP contribution in [0.2, 0.25) is 0 Å². The summed E-state index contributed by atoms with van der Waals surface area (Å²) < 4.78 is 7.49. The van der Waals surface area contributed by atoms with Gasteiger partial charge in [0.25, 0.3) is 0 Å². The average molecular weight is 251 g/mol. The van der Waals surface area contributed by atoms with Gasteiger partial charge in [0, 0.05) is 7.05 Å². The Hall–Kier alpha value is -1.03. The van der Waals surface area contributed by atoms with Crippen molar-refractivity contribution >= 4 is 0 Å². The Balaban J connectivity index is 2.41. The third kappa shape index (κ3) is 2.39. The molecule has 2 rings (SSSR count). The van der Waals surface area contributed by atoms with Crippen LogP contribution >= 0.6 is 0 Å². The minimum atomic E-state index is 0.0435. The van der Waals surface area contributed by atoms with Gasteiger partial charge in [0.15, 0.2) is 5.75 Å². The van der Waals surface area contributed by atoms with E-state index in [1.165, 1.54) is 37.8 Å². The van der Waals surface area contributed by atoms with Crippen LogP contribution in [-0.4, -0.2) is 23.4 Å². The van der Waals surface area contributed by atoms with E-state index in [2.05, 4.69) is 17.3 Å². The molecular formula is C14H25N3O. The minimum absolute atomic E-state index is 0.0435. The number of hydrogen-bond donors (Lipinski definition) is 1. The molecule has 0 aliphatic carbocycles. The van der Waals surface area contributed by atoms with E-state index in [4.69, 9.17) is 4.74 Å².